The summed E-state index contributed by atoms with van der Waals surface area (Å²) in [4.78, 5) is 17.1. The molecular weight excluding hydrogens is 376 g/mol. The fraction of sp³-hybridized carbons (Fsp3) is 0.143. The zero-order valence-electron chi connectivity index (χ0n) is 14.8. The third kappa shape index (κ3) is 3.20. The molecule has 3 heterocycles. The van der Waals surface area contributed by atoms with E-state index in [1.807, 2.05) is 35.7 Å². The molecule has 2 aromatic carbocycles. The van der Waals surface area contributed by atoms with Crippen LogP contribution < -0.4 is 14.8 Å². The zero-order valence-corrected chi connectivity index (χ0v) is 15.6. The molecule has 0 fully saturated rings. The molecule has 1 aliphatic rings. The maximum absolute atomic E-state index is 12.6. The number of thiazole rings is 1. The number of furan rings is 1. The molecule has 0 spiro atoms. The van der Waals surface area contributed by atoms with Crippen molar-refractivity contribution < 1.29 is 18.7 Å². The minimum atomic E-state index is -0.249. The van der Waals surface area contributed by atoms with Gasteiger partial charge in [-0.25, -0.2) is 4.98 Å². The summed E-state index contributed by atoms with van der Waals surface area (Å²) in [6, 6.07) is 14.9. The summed E-state index contributed by atoms with van der Waals surface area (Å²) in [6.45, 7) is 1.19. The zero-order chi connectivity index (χ0) is 18.9. The average Bonchev–Trinajstić information content (AvgIpc) is 3.28. The van der Waals surface area contributed by atoms with Gasteiger partial charge in [0, 0.05) is 22.8 Å². The van der Waals surface area contributed by atoms with Crippen LogP contribution in [-0.4, -0.2) is 24.1 Å². The monoisotopic (exact) mass is 392 g/mol. The molecule has 5 rings (SSSR count). The van der Waals surface area contributed by atoms with Gasteiger partial charge in [-0.3, -0.25) is 10.1 Å². The molecule has 0 saturated carbocycles. The highest BCUT2D eigenvalue weighted by Gasteiger charge is 2.16. The Kier molecular flexibility index (Phi) is 4.21. The second-order valence-electron chi connectivity index (χ2n) is 6.35. The van der Waals surface area contributed by atoms with Gasteiger partial charge in [-0.2, -0.15) is 0 Å². The van der Waals surface area contributed by atoms with Gasteiger partial charge in [-0.1, -0.05) is 18.2 Å². The Morgan fingerprint density at radius 3 is 2.79 bits per heavy atom. The first kappa shape index (κ1) is 16.8. The third-order valence-corrected chi connectivity index (χ3v) is 5.17. The van der Waals surface area contributed by atoms with Gasteiger partial charge in [0.25, 0.3) is 5.91 Å². The van der Waals surface area contributed by atoms with E-state index in [1.165, 1.54) is 11.3 Å². The first-order valence-corrected chi connectivity index (χ1v) is 9.80. The minimum absolute atomic E-state index is 0.249. The number of nitrogens with zero attached hydrogens (tertiary/aromatic N) is 1. The van der Waals surface area contributed by atoms with Gasteiger partial charge in [-0.15, -0.1) is 11.3 Å². The van der Waals surface area contributed by atoms with Crippen molar-refractivity contribution in [3.63, 3.8) is 0 Å². The standard InChI is InChI=1S/C21H16N2O4S/c24-20(14-6-7-17-19(11-14)26-9-3-8-25-17)23-21-22-15(12-28-21)18-10-13-4-1-2-5-16(13)27-18/h1-2,4-7,10-12H,3,8-9H2,(H,22,23,24). The van der Waals surface area contributed by atoms with Crippen molar-refractivity contribution in [2.75, 3.05) is 18.5 Å². The number of hydrogen-bond acceptors (Lipinski definition) is 6. The van der Waals surface area contributed by atoms with Crippen molar-refractivity contribution in [3.05, 3.63) is 59.5 Å². The highest BCUT2D eigenvalue weighted by atomic mass is 32.1. The van der Waals surface area contributed by atoms with Crippen LogP contribution in [0.25, 0.3) is 22.4 Å². The second kappa shape index (κ2) is 7.01. The molecule has 0 atom stereocenters. The lowest BCUT2D eigenvalue weighted by Gasteiger charge is -2.08. The van der Waals surface area contributed by atoms with Crippen LogP contribution in [0.2, 0.25) is 0 Å². The average molecular weight is 392 g/mol. The van der Waals surface area contributed by atoms with Gasteiger partial charge in [-0.05, 0) is 30.3 Å². The smallest absolute Gasteiger partial charge is 0.257 e. The maximum atomic E-state index is 12.6. The van der Waals surface area contributed by atoms with Gasteiger partial charge in [0.05, 0.1) is 13.2 Å². The highest BCUT2D eigenvalue weighted by Crippen LogP contribution is 2.32. The Hall–Kier alpha value is -3.32. The molecule has 28 heavy (non-hydrogen) atoms. The Bertz CT molecular complexity index is 1130. The highest BCUT2D eigenvalue weighted by molar-refractivity contribution is 7.14. The molecule has 140 valence electrons. The molecule has 1 N–H and O–H groups in total. The van der Waals surface area contributed by atoms with Crippen molar-refractivity contribution in [1.82, 2.24) is 4.98 Å². The molecule has 6 nitrogen and oxygen atoms in total. The van der Waals surface area contributed by atoms with Crippen LogP contribution in [0, 0.1) is 0 Å². The van der Waals surface area contributed by atoms with E-state index in [-0.39, 0.29) is 5.91 Å². The van der Waals surface area contributed by atoms with Crippen molar-refractivity contribution in [2.24, 2.45) is 0 Å². The summed E-state index contributed by atoms with van der Waals surface area (Å²) in [5, 5.41) is 6.22. The maximum Gasteiger partial charge on any atom is 0.257 e. The van der Waals surface area contributed by atoms with Crippen LogP contribution in [0.3, 0.4) is 0 Å². The lowest BCUT2D eigenvalue weighted by Crippen LogP contribution is -2.12. The van der Waals surface area contributed by atoms with Crippen LogP contribution in [0.15, 0.2) is 58.3 Å². The minimum Gasteiger partial charge on any atom is -0.490 e. The van der Waals surface area contributed by atoms with E-state index in [0.717, 1.165) is 17.4 Å². The van der Waals surface area contributed by atoms with E-state index in [4.69, 9.17) is 13.9 Å². The summed E-state index contributed by atoms with van der Waals surface area (Å²) in [5.41, 5.74) is 1.99. The molecule has 0 radical (unpaired) electrons. The van der Waals surface area contributed by atoms with Crippen LogP contribution in [0.1, 0.15) is 16.8 Å². The first-order chi connectivity index (χ1) is 13.8. The van der Waals surface area contributed by atoms with E-state index >= 15 is 0 Å². The van der Waals surface area contributed by atoms with E-state index in [9.17, 15) is 4.79 Å². The second-order valence-corrected chi connectivity index (χ2v) is 7.21. The molecule has 0 unspecified atom stereocenters. The number of nitrogens with one attached hydrogen (secondary N) is 1. The molecular formula is C21H16N2O4S. The van der Waals surface area contributed by atoms with Gasteiger partial charge in [0.1, 0.15) is 11.3 Å². The SMILES string of the molecule is O=C(Nc1nc(-c2cc3ccccc3o2)cs1)c1ccc2c(c1)OCCCO2. The summed E-state index contributed by atoms with van der Waals surface area (Å²) in [5.74, 6) is 1.68. The fourth-order valence-corrected chi connectivity index (χ4v) is 3.72. The number of hydrogen-bond donors (Lipinski definition) is 1. The van der Waals surface area contributed by atoms with Crippen LogP contribution in [0.4, 0.5) is 5.13 Å². The predicted octanol–water partition coefficient (Wildman–Crippen LogP) is 4.97. The quantitative estimate of drug-likeness (QED) is 0.533. The van der Waals surface area contributed by atoms with E-state index in [0.29, 0.717) is 46.9 Å². The number of ether oxygens (including phenoxy) is 2. The Labute approximate surface area is 164 Å². The lowest BCUT2D eigenvalue weighted by molar-refractivity contribution is 0.102. The summed E-state index contributed by atoms with van der Waals surface area (Å²) < 4.78 is 17.1. The molecule has 1 amide bonds. The van der Waals surface area contributed by atoms with Gasteiger partial charge >= 0.3 is 0 Å². The van der Waals surface area contributed by atoms with Crippen molar-refractivity contribution in [1.29, 1.82) is 0 Å². The third-order valence-electron chi connectivity index (χ3n) is 4.41. The number of amides is 1. The molecule has 1 aliphatic heterocycles. The molecule has 0 bridgehead atoms. The van der Waals surface area contributed by atoms with Crippen molar-refractivity contribution >= 4 is 33.3 Å². The van der Waals surface area contributed by atoms with E-state index < -0.39 is 0 Å². The number of aromatic nitrogens is 1. The first-order valence-electron chi connectivity index (χ1n) is 8.92. The number of carbonyl (C=O) groups is 1. The van der Waals surface area contributed by atoms with E-state index in [2.05, 4.69) is 10.3 Å². The molecule has 0 aliphatic carbocycles. The number of fused-ring (bicyclic) bond motifs is 2. The van der Waals surface area contributed by atoms with Crippen molar-refractivity contribution in [2.45, 2.75) is 6.42 Å². The van der Waals surface area contributed by atoms with Crippen LogP contribution >= 0.6 is 11.3 Å². The van der Waals surface area contributed by atoms with E-state index in [1.54, 1.807) is 18.2 Å². The summed E-state index contributed by atoms with van der Waals surface area (Å²) in [7, 11) is 0. The topological polar surface area (TPSA) is 73.6 Å². The van der Waals surface area contributed by atoms with Gasteiger partial charge in [0.15, 0.2) is 22.4 Å². The normalized spacial score (nSPS) is 13.3. The summed E-state index contributed by atoms with van der Waals surface area (Å²) in [6.07, 6.45) is 0.819. The number of benzene rings is 2. The molecule has 0 saturated heterocycles. The Morgan fingerprint density at radius 2 is 1.89 bits per heavy atom. The van der Waals surface area contributed by atoms with Crippen molar-refractivity contribution in [3.8, 4) is 23.0 Å². The molecule has 2 aromatic heterocycles. The number of carbonyl (C=O) groups excluding carboxylic acids is 1. The van der Waals surface area contributed by atoms with Crippen LogP contribution in [0.5, 0.6) is 11.5 Å². The molecule has 7 heteroatoms. The predicted molar refractivity (Wildman–Crippen MR) is 107 cm³/mol. The Balaban J connectivity index is 1.35. The fourth-order valence-electron chi connectivity index (χ4n) is 3.03. The summed E-state index contributed by atoms with van der Waals surface area (Å²) >= 11 is 1.35. The largest absolute Gasteiger partial charge is 0.490 e. The molecule has 4 aromatic rings. The van der Waals surface area contributed by atoms with Gasteiger partial charge < -0.3 is 13.9 Å². The lowest BCUT2D eigenvalue weighted by atomic mass is 10.2. The number of para-hydroxylation sites is 1. The van der Waals surface area contributed by atoms with Crippen LogP contribution in [-0.2, 0) is 0 Å². The Morgan fingerprint density at radius 1 is 1.04 bits per heavy atom. The number of rotatable bonds is 3. The van der Waals surface area contributed by atoms with Gasteiger partial charge in [0.2, 0.25) is 0 Å². The number of anilines is 1.